The highest BCUT2D eigenvalue weighted by Gasteiger charge is 2.17. The van der Waals surface area contributed by atoms with E-state index in [9.17, 15) is 4.57 Å². The van der Waals surface area contributed by atoms with Gasteiger partial charge in [-0.05, 0) is 90.5 Å². The molecule has 0 aliphatic heterocycles. The van der Waals surface area contributed by atoms with Gasteiger partial charge in [-0.1, -0.05) is 69.3 Å². The fourth-order valence-corrected chi connectivity index (χ4v) is 4.63. The SMILES string of the molecule is CCC(=C(c1ccc(OCCN(C)C)cc1)c1ccc(OP(=O)(O)O)cc1)c1ccc(CC(C)C)cc1. The number of benzene rings is 3. The highest BCUT2D eigenvalue weighted by molar-refractivity contribution is 7.46. The lowest BCUT2D eigenvalue weighted by Crippen LogP contribution is -2.19. The number of nitrogens with zero attached hydrogens (tertiary/aromatic N) is 1. The first kappa shape index (κ1) is 28.7. The van der Waals surface area contributed by atoms with Gasteiger partial charge in [0.1, 0.15) is 18.1 Å². The van der Waals surface area contributed by atoms with Gasteiger partial charge in [0.25, 0.3) is 0 Å². The predicted octanol–water partition coefficient (Wildman–Crippen LogP) is 6.67. The molecule has 0 heterocycles. The van der Waals surface area contributed by atoms with Crippen molar-refractivity contribution in [3.05, 3.63) is 95.1 Å². The number of hydrogen-bond acceptors (Lipinski definition) is 4. The Hall–Kier alpha value is -2.89. The van der Waals surface area contributed by atoms with Crippen LogP contribution in [0.25, 0.3) is 11.1 Å². The predicted molar refractivity (Wildman–Crippen MR) is 151 cm³/mol. The van der Waals surface area contributed by atoms with Crippen LogP contribution in [-0.2, 0) is 11.0 Å². The lowest BCUT2D eigenvalue weighted by Gasteiger charge is -2.18. The van der Waals surface area contributed by atoms with Crippen molar-refractivity contribution in [1.82, 2.24) is 4.90 Å². The van der Waals surface area contributed by atoms with Gasteiger partial charge in [-0.2, -0.15) is 0 Å². The van der Waals surface area contributed by atoms with E-state index < -0.39 is 7.82 Å². The second kappa shape index (κ2) is 13.1. The lowest BCUT2D eigenvalue weighted by molar-refractivity contribution is 0.261. The molecule has 0 radical (unpaired) electrons. The maximum Gasteiger partial charge on any atom is 0.524 e. The zero-order chi connectivity index (χ0) is 27.0. The molecule has 0 aromatic heterocycles. The lowest BCUT2D eigenvalue weighted by atomic mass is 9.87. The first-order chi connectivity index (χ1) is 17.6. The Labute approximate surface area is 220 Å². The van der Waals surface area contributed by atoms with Crippen LogP contribution in [0.1, 0.15) is 49.4 Å². The Morgan fingerprint density at radius 2 is 1.35 bits per heavy atom. The van der Waals surface area contributed by atoms with Crippen molar-refractivity contribution in [3.63, 3.8) is 0 Å². The summed E-state index contributed by atoms with van der Waals surface area (Å²) >= 11 is 0. The number of rotatable bonds is 12. The number of likely N-dealkylation sites (N-methyl/N-ethyl adjacent to an activating group) is 1. The maximum atomic E-state index is 11.3. The van der Waals surface area contributed by atoms with Gasteiger partial charge < -0.3 is 14.2 Å². The molecule has 0 saturated heterocycles. The summed E-state index contributed by atoms with van der Waals surface area (Å²) in [4.78, 5) is 20.4. The molecule has 6 nitrogen and oxygen atoms in total. The first-order valence-electron chi connectivity index (χ1n) is 12.6. The Bertz CT molecular complexity index is 1210. The highest BCUT2D eigenvalue weighted by atomic mass is 31.2. The summed E-state index contributed by atoms with van der Waals surface area (Å²) in [6.07, 6.45) is 1.84. The number of hydrogen-bond donors (Lipinski definition) is 2. The van der Waals surface area contributed by atoms with Crippen LogP contribution < -0.4 is 9.26 Å². The molecule has 37 heavy (non-hydrogen) atoms. The van der Waals surface area contributed by atoms with Crippen LogP contribution in [0.5, 0.6) is 11.5 Å². The molecule has 7 heteroatoms. The van der Waals surface area contributed by atoms with Crippen molar-refractivity contribution in [2.75, 3.05) is 27.2 Å². The number of phosphoric acid groups is 1. The average Bonchev–Trinajstić information content (AvgIpc) is 2.83. The van der Waals surface area contributed by atoms with Gasteiger partial charge in [-0.15, -0.1) is 0 Å². The van der Waals surface area contributed by atoms with Crippen LogP contribution in [-0.4, -0.2) is 41.9 Å². The molecular weight excluding hydrogens is 485 g/mol. The summed E-state index contributed by atoms with van der Waals surface area (Å²) in [5.41, 5.74) is 6.66. The number of allylic oxidation sites excluding steroid dienone is 1. The van der Waals surface area contributed by atoms with Crippen LogP contribution in [0, 0.1) is 5.92 Å². The van der Waals surface area contributed by atoms with Crippen molar-refractivity contribution < 1.29 is 23.6 Å². The molecule has 0 fully saturated rings. The standard InChI is InChI=1S/C30H38NO5P/c1-6-29(24-9-7-23(8-10-24)21-22(2)3)30(26-13-17-28(18-14-26)36-37(32,33)34)25-11-15-27(16-12-25)35-20-19-31(4)5/h7-18,22H,6,19-21H2,1-5H3,(H2,32,33,34). The average molecular weight is 524 g/mol. The number of phosphoric ester groups is 1. The highest BCUT2D eigenvalue weighted by Crippen LogP contribution is 2.39. The van der Waals surface area contributed by atoms with Crippen molar-refractivity contribution in [2.45, 2.75) is 33.6 Å². The Kier molecular flexibility index (Phi) is 10.1. The first-order valence-corrected chi connectivity index (χ1v) is 14.1. The monoisotopic (exact) mass is 523 g/mol. The largest absolute Gasteiger partial charge is 0.524 e. The second-order valence-corrected chi connectivity index (χ2v) is 10.9. The van der Waals surface area contributed by atoms with Crippen LogP contribution >= 0.6 is 7.82 Å². The molecule has 0 spiro atoms. The third-order valence-corrected chi connectivity index (χ3v) is 6.37. The molecule has 3 aromatic carbocycles. The molecule has 3 aromatic rings. The minimum Gasteiger partial charge on any atom is -0.492 e. The van der Waals surface area contributed by atoms with Crippen LogP contribution in [0.4, 0.5) is 0 Å². The van der Waals surface area contributed by atoms with E-state index in [1.54, 1.807) is 12.1 Å². The molecule has 3 rings (SSSR count). The van der Waals surface area contributed by atoms with E-state index >= 15 is 0 Å². The van der Waals surface area contributed by atoms with Gasteiger partial charge in [-0.3, -0.25) is 9.79 Å². The molecule has 0 aliphatic rings. The Morgan fingerprint density at radius 1 is 0.838 bits per heavy atom. The van der Waals surface area contributed by atoms with Crippen molar-refractivity contribution >= 4 is 19.0 Å². The van der Waals surface area contributed by atoms with Gasteiger partial charge >= 0.3 is 7.82 Å². The van der Waals surface area contributed by atoms with Gasteiger partial charge in [0, 0.05) is 6.54 Å². The third kappa shape index (κ3) is 8.87. The summed E-state index contributed by atoms with van der Waals surface area (Å²) in [5, 5.41) is 0. The summed E-state index contributed by atoms with van der Waals surface area (Å²) < 4.78 is 21.9. The molecule has 0 aliphatic carbocycles. The van der Waals surface area contributed by atoms with E-state index in [1.165, 1.54) is 11.1 Å². The quantitative estimate of drug-likeness (QED) is 0.204. The normalized spacial score (nSPS) is 12.6. The zero-order valence-electron chi connectivity index (χ0n) is 22.3. The van der Waals surface area contributed by atoms with Gasteiger partial charge in [-0.25, -0.2) is 4.57 Å². The second-order valence-electron chi connectivity index (χ2n) is 9.78. The molecule has 0 saturated carbocycles. The topological polar surface area (TPSA) is 79.2 Å². The van der Waals surface area contributed by atoms with E-state index in [2.05, 4.69) is 62.1 Å². The molecule has 198 valence electrons. The summed E-state index contributed by atoms with van der Waals surface area (Å²) in [5.74, 6) is 1.53. The molecule has 0 atom stereocenters. The van der Waals surface area contributed by atoms with Crippen molar-refractivity contribution in [1.29, 1.82) is 0 Å². The molecule has 0 bridgehead atoms. The minimum atomic E-state index is -4.62. The molecular formula is C30H38NO5P. The fourth-order valence-electron chi connectivity index (χ4n) is 4.24. The molecule has 0 amide bonds. The minimum absolute atomic E-state index is 0.122. The summed E-state index contributed by atoms with van der Waals surface area (Å²) in [6.45, 7) is 8.03. The zero-order valence-corrected chi connectivity index (χ0v) is 23.2. The van der Waals surface area contributed by atoms with Crippen molar-refractivity contribution in [3.8, 4) is 11.5 Å². The van der Waals surface area contributed by atoms with Crippen LogP contribution in [0.3, 0.4) is 0 Å². The van der Waals surface area contributed by atoms with Gasteiger partial charge in [0.05, 0.1) is 0 Å². The molecule has 2 N–H and O–H groups in total. The van der Waals surface area contributed by atoms with E-state index in [-0.39, 0.29) is 5.75 Å². The van der Waals surface area contributed by atoms with Gasteiger partial charge in [0.2, 0.25) is 0 Å². The van der Waals surface area contributed by atoms with E-state index in [0.29, 0.717) is 12.5 Å². The Balaban J connectivity index is 2.04. The third-order valence-electron chi connectivity index (χ3n) is 5.92. The van der Waals surface area contributed by atoms with Crippen LogP contribution in [0.2, 0.25) is 0 Å². The van der Waals surface area contributed by atoms with Gasteiger partial charge in [0.15, 0.2) is 0 Å². The van der Waals surface area contributed by atoms with Crippen molar-refractivity contribution in [2.24, 2.45) is 5.92 Å². The Morgan fingerprint density at radius 3 is 1.81 bits per heavy atom. The van der Waals surface area contributed by atoms with E-state index in [1.807, 2.05) is 38.4 Å². The maximum absolute atomic E-state index is 11.3. The van der Waals surface area contributed by atoms with Crippen LogP contribution in [0.15, 0.2) is 72.8 Å². The molecule has 0 unspecified atom stereocenters. The smallest absolute Gasteiger partial charge is 0.492 e. The summed E-state index contributed by atoms with van der Waals surface area (Å²) in [7, 11) is -0.592. The number of ether oxygens (including phenoxy) is 1. The van der Waals surface area contributed by atoms with E-state index in [0.717, 1.165) is 47.4 Å². The van der Waals surface area contributed by atoms with E-state index in [4.69, 9.17) is 19.0 Å². The summed E-state index contributed by atoms with van der Waals surface area (Å²) in [6, 6.07) is 23.7. The fraction of sp³-hybridized carbons (Fsp3) is 0.333.